The average Bonchev–Trinajstić information content (AvgIpc) is 3.66. The highest BCUT2D eigenvalue weighted by molar-refractivity contribution is 6.36. The van der Waals surface area contributed by atoms with E-state index in [-0.39, 0.29) is 54.5 Å². The number of nitrogens with one attached hydrogen (secondary N) is 1. The van der Waals surface area contributed by atoms with Crippen molar-refractivity contribution < 1.29 is 23.9 Å². The van der Waals surface area contributed by atoms with Gasteiger partial charge in [0.2, 0.25) is 5.91 Å². The molecule has 1 N–H and O–H groups in total. The summed E-state index contributed by atoms with van der Waals surface area (Å²) in [6.45, 7) is 9.28. The highest BCUT2D eigenvalue weighted by Gasteiger charge is 2.44. The first-order chi connectivity index (χ1) is 24.6. The zero-order valence-corrected chi connectivity index (χ0v) is 31.2. The number of nitrogens with zero attached hydrogens (tertiary/aromatic N) is 4. The van der Waals surface area contributed by atoms with Gasteiger partial charge in [0.25, 0.3) is 5.91 Å². The van der Waals surface area contributed by atoms with E-state index >= 15 is 0 Å². The smallest absolute Gasteiger partial charge is 0.257 e. The second kappa shape index (κ2) is 15.5. The monoisotopic (exact) mass is 737 g/mol. The molecular weight excluding hydrogens is 689 g/mol. The van der Waals surface area contributed by atoms with Crippen LogP contribution in [-0.4, -0.2) is 113 Å². The van der Waals surface area contributed by atoms with E-state index in [2.05, 4.69) is 29.0 Å². The Kier molecular flexibility index (Phi) is 11.1. The molecule has 0 spiro atoms. The molecule has 3 aromatic rings. The van der Waals surface area contributed by atoms with Crippen LogP contribution in [0, 0.1) is 5.92 Å². The lowest BCUT2D eigenvalue weighted by atomic mass is 9.88. The molecule has 4 aliphatic rings. The van der Waals surface area contributed by atoms with Crippen molar-refractivity contribution in [1.82, 2.24) is 19.3 Å². The molecular formula is C39H49Cl2N5O5. The third kappa shape index (κ3) is 8.01. The summed E-state index contributed by atoms with van der Waals surface area (Å²) in [6, 6.07) is 11.8. The van der Waals surface area contributed by atoms with E-state index in [0.29, 0.717) is 46.1 Å². The lowest BCUT2D eigenvalue weighted by Gasteiger charge is -2.50. The van der Waals surface area contributed by atoms with Gasteiger partial charge in [-0.05, 0) is 69.7 Å². The maximum absolute atomic E-state index is 14.1. The molecule has 10 nitrogen and oxygen atoms in total. The van der Waals surface area contributed by atoms with E-state index in [0.717, 1.165) is 75.5 Å². The summed E-state index contributed by atoms with van der Waals surface area (Å²) in [6.07, 6.45) is 7.85. The fraction of sp³-hybridized carbons (Fsp3) is 0.564. The van der Waals surface area contributed by atoms with Gasteiger partial charge in [-0.2, -0.15) is 0 Å². The van der Waals surface area contributed by atoms with Gasteiger partial charge in [0.05, 0.1) is 53.7 Å². The van der Waals surface area contributed by atoms with Crippen molar-refractivity contribution in [2.24, 2.45) is 13.0 Å². The molecule has 3 saturated heterocycles. The molecule has 2 amide bonds. The second-order valence-electron chi connectivity index (χ2n) is 15.1. The number of ether oxygens (including phenoxy) is 2. The molecule has 274 valence electrons. The number of fused-ring (bicyclic) bond motifs is 1. The summed E-state index contributed by atoms with van der Waals surface area (Å²) in [7, 11) is 1.90. The molecule has 0 bridgehead atoms. The number of aldehydes is 1. The summed E-state index contributed by atoms with van der Waals surface area (Å²) in [5.74, 6) is -0.177. The van der Waals surface area contributed by atoms with Crippen LogP contribution < -0.4 is 5.32 Å². The number of carbonyl (C=O) groups excluding carboxylic acids is 3. The Morgan fingerprint density at radius 1 is 0.941 bits per heavy atom. The van der Waals surface area contributed by atoms with E-state index in [1.165, 1.54) is 0 Å². The Balaban J connectivity index is 1.01. The summed E-state index contributed by atoms with van der Waals surface area (Å²) in [5.41, 5.74) is 2.50. The summed E-state index contributed by atoms with van der Waals surface area (Å²) in [4.78, 5) is 45.7. The summed E-state index contributed by atoms with van der Waals surface area (Å²) in [5, 5.41) is 4.45. The molecule has 4 fully saturated rings. The first-order valence-electron chi connectivity index (χ1n) is 18.4. The van der Waals surface area contributed by atoms with E-state index in [1.807, 2.05) is 40.8 Å². The van der Waals surface area contributed by atoms with Gasteiger partial charge in [0, 0.05) is 79.9 Å². The Morgan fingerprint density at radius 3 is 2.37 bits per heavy atom. The van der Waals surface area contributed by atoms with Crippen molar-refractivity contribution in [3.05, 3.63) is 63.8 Å². The third-order valence-electron chi connectivity index (χ3n) is 11.4. The molecule has 1 aromatic heterocycles. The number of aromatic nitrogens is 1. The van der Waals surface area contributed by atoms with Crippen molar-refractivity contribution in [2.75, 3.05) is 44.6 Å². The maximum atomic E-state index is 14.1. The van der Waals surface area contributed by atoms with E-state index < -0.39 is 0 Å². The number of anilines is 1. The quantitative estimate of drug-likeness (QED) is 0.262. The zero-order valence-electron chi connectivity index (χ0n) is 29.7. The number of likely N-dealkylation sites (tertiary alicyclic amines) is 2. The van der Waals surface area contributed by atoms with Crippen molar-refractivity contribution in [2.45, 2.75) is 88.8 Å². The molecule has 4 heterocycles. The fourth-order valence-electron chi connectivity index (χ4n) is 8.59. The number of halogens is 2. The Morgan fingerprint density at radius 2 is 1.65 bits per heavy atom. The third-order valence-corrected chi connectivity index (χ3v) is 12.1. The van der Waals surface area contributed by atoms with Crippen LogP contribution >= 0.6 is 23.2 Å². The molecule has 2 aromatic carbocycles. The second-order valence-corrected chi connectivity index (χ2v) is 16.0. The van der Waals surface area contributed by atoms with Crippen molar-refractivity contribution >= 4 is 57.9 Å². The van der Waals surface area contributed by atoms with Gasteiger partial charge >= 0.3 is 0 Å². The van der Waals surface area contributed by atoms with Crippen LogP contribution in [0.15, 0.2) is 42.6 Å². The topological polar surface area (TPSA) is 96.4 Å². The maximum Gasteiger partial charge on any atom is 0.257 e. The normalized spacial score (nSPS) is 27.8. The van der Waals surface area contributed by atoms with Gasteiger partial charge in [-0.1, -0.05) is 41.4 Å². The minimum Gasteiger partial charge on any atom is -0.376 e. The Bertz CT molecular complexity index is 1740. The van der Waals surface area contributed by atoms with Crippen LogP contribution in [0.3, 0.4) is 0 Å². The van der Waals surface area contributed by atoms with Gasteiger partial charge in [0.15, 0.2) is 0 Å². The SMILES string of the molecule is C[C@@H]1CN(C2CN([C@H]3C[C@@H](COC4CCC(C=O)CC4)N(C(=O)Cc4cc(Cl)c(NC(=O)c5cn(C)c6ccccc56)cc4Cl)C3)C2)C[C@H](C)O1. The molecule has 7 rings (SSSR count). The summed E-state index contributed by atoms with van der Waals surface area (Å²) < 4.78 is 14.3. The lowest BCUT2D eigenvalue weighted by molar-refractivity contribution is -0.133. The van der Waals surface area contributed by atoms with Crippen molar-refractivity contribution in [3.8, 4) is 0 Å². The Labute approximate surface area is 310 Å². The molecule has 1 saturated carbocycles. The number of morpholine rings is 1. The molecule has 0 unspecified atom stereocenters. The van der Waals surface area contributed by atoms with E-state index in [4.69, 9.17) is 32.7 Å². The Hall–Kier alpha value is -2.99. The zero-order chi connectivity index (χ0) is 35.8. The predicted molar refractivity (Wildman–Crippen MR) is 200 cm³/mol. The first kappa shape index (κ1) is 36.4. The molecule has 3 aliphatic heterocycles. The minimum atomic E-state index is -0.287. The highest BCUT2D eigenvalue weighted by atomic mass is 35.5. The minimum absolute atomic E-state index is 0.0193. The van der Waals surface area contributed by atoms with Crippen LogP contribution in [0.25, 0.3) is 10.9 Å². The number of hydrogen-bond donors (Lipinski definition) is 1. The number of hydrogen-bond acceptors (Lipinski definition) is 7. The van der Waals surface area contributed by atoms with Gasteiger partial charge in [-0.25, -0.2) is 0 Å². The fourth-order valence-corrected chi connectivity index (χ4v) is 9.05. The predicted octanol–water partition coefficient (Wildman–Crippen LogP) is 5.82. The van der Waals surface area contributed by atoms with E-state index in [9.17, 15) is 14.4 Å². The summed E-state index contributed by atoms with van der Waals surface area (Å²) >= 11 is 13.5. The molecule has 12 heteroatoms. The van der Waals surface area contributed by atoms with Gasteiger partial charge in [-0.15, -0.1) is 0 Å². The van der Waals surface area contributed by atoms with Crippen LogP contribution in [-0.2, 0) is 32.5 Å². The van der Waals surface area contributed by atoms with Gasteiger partial charge in [-0.3, -0.25) is 19.4 Å². The number of amides is 2. The molecule has 0 radical (unpaired) electrons. The molecule has 4 atom stereocenters. The number of benzene rings is 2. The van der Waals surface area contributed by atoms with Crippen LogP contribution in [0.1, 0.15) is 61.9 Å². The molecule has 51 heavy (non-hydrogen) atoms. The van der Waals surface area contributed by atoms with Crippen LogP contribution in [0.5, 0.6) is 0 Å². The number of para-hydroxylation sites is 1. The lowest BCUT2D eigenvalue weighted by Crippen LogP contribution is -2.65. The number of carbonyl (C=O) groups is 3. The van der Waals surface area contributed by atoms with Crippen molar-refractivity contribution in [3.63, 3.8) is 0 Å². The molecule has 1 aliphatic carbocycles. The van der Waals surface area contributed by atoms with Crippen LogP contribution in [0.2, 0.25) is 10.0 Å². The number of rotatable bonds is 10. The average molecular weight is 739 g/mol. The van der Waals surface area contributed by atoms with Gasteiger partial charge in [0.1, 0.15) is 6.29 Å². The standard InChI is InChI=1S/C39H49Cl2N5O5/c1-24-16-44(17-25(2)51-24)30-18-45(19-30)28-14-29(23-50-31-10-8-26(22-47)9-11-31)46(20-28)38(48)13-27-12-35(41)36(15-34(27)40)42-39(49)33-21-43(3)37-7-5-4-6-32(33)37/h4-7,12,15,21-22,24-26,28-31H,8-11,13-14,16-20,23H2,1-3H3,(H,42,49)/t24-,25+,26?,28-,29-,31?/m0/s1. The highest BCUT2D eigenvalue weighted by Crippen LogP contribution is 2.34. The number of aryl methyl sites for hydroxylation is 1. The van der Waals surface area contributed by atoms with Crippen LogP contribution in [0.4, 0.5) is 5.69 Å². The van der Waals surface area contributed by atoms with Gasteiger partial charge < -0.3 is 29.1 Å². The van der Waals surface area contributed by atoms with Crippen molar-refractivity contribution in [1.29, 1.82) is 0 Å². The largest absolute Gasteiger partial charge is 0.376 e. The van der Waals surface area contributed by atoms with E-state index in [1.54, 1.807) is 18.3 Å². The first-order valence-corrected chi connectivity index (χ1v) is 19.1.